The normalized spacial score (nSPS) is 11.6. The molecule has 3 nitrogen and oxygen atoms in total. The molecule has 0 aromatic carbocycles. The molecule has 0 unspecified atom stereocenters. The molecule has 0 saturated heterocycles. The van der Waals surface area contributed by atoms with Gasteiger partial charge in [-0.15, -0.1) is 5.10 Å². The first-order chi connectivity index (χ1) is 7.04. The number of rotatable bonds is 0. The predicted molar refractivity (Wildman–Crippen MR) is 60.2 cm³/mol. The minimum Gasteiger partial charge on any atom is -0.362 e. The average molecular weight is 199 g/mol. The first kappa shape index (κ1) is 9.72. The third-order valence-electron chi connectivity index (χ3n) is 2.46. The molecule has 76 valence electrons. The van der Waals surface area contributed by atoms with E-state index < -0.39 is 0 Å². The highest BCUT2D eigenvalue weighted by molar-refractivity contribution is 5.62. The van der Waals surface area contributed by atoms with E-state index >= 15 is 0 Å². The van der Waals surface area contributed by atoms with Crippen LogP contribution in [-0.4, -0.2) is 9.61 Å². The van der Waals surface area contributed by atoms with E-state index in [9.17, 15) is 0 Å². The van der Waals surface area contributed by atoms with Gasteiger partial charge in [0.05, 0.1) is 6.20 Å². The Bertz CT molecular complexity index is 538. The first-order valence-corrected chi connectivity index (χ1v) is 4.89. The van der Waals surface area contributed by atoms with Gasteiger partial charge in [0.1, 0.15) is 5.52 Å². The van der Waals surface area contributed by atoms with Crippen molar-refractivity contribution in [2.75, 3.05) is 0 Å². The van der Waals surface area contributed by atoms with Gasteiger partial charge in [0, 0.05) is 11.6 Å². The van der Waals surface area contributed by atoms with Gasteiger partial charge >= 0.3 is 0 Å². The Morgan fingerprint density at radius 3 is 2.60 bits per heavy atom. The van der Waals surface area contributed by atoms with Crippen molar-refractivity contribution in [2.24, 2.45) is 0 Å². The highest BCUT2D eigenvalue weighted by Crippen LogP contribution is 2.29. The lowest BCUT2D eigenvalue weighted by Crippen LogP contribution is -2.12. The SMILES string of the molecule is [C-]#[N+]c1ccc(C(C)(C)C)c2ccnn12. The van der Waals surface area contributed by atoms with Crippen LogP contribution in [0.3, 0.4) is 0 Å². The Kier molecular flexibility index (Phi) is 2.01. The van der Waals surface area contributed by atoms with Crippen molar-refractivity contribution in [1.29, 1.82) is 0 Å². The van der Waals surface area contributed by atoms with Crippen molar-refractivity contribution in [3.8, 4) is 0 Å². The molecule has 0 aliphatic heterocycles. The summed E-state index contributed by atoms with van der Waals surface area (Å²) >= 11 is 0. The number of fused-ring (bicyclic) bond motifs is 1. The summed E-state index contributed by atoms with van der Waals surface area (Å²) in [5, 5.41) is 4.17. The average Bonchev–Trinajstić information content (AvgIpc) is 2.62. The maximum Gasteiger partial charge on any atom is 0.255 e. The number of hydrogen-bond donors (Lipinski definition) is 0. The first-order valence-electron chi connectivity index (χ1n) is 4.89. The van der Waals surface area contributed by atoms with Gasteiger partial charge in [0.15, 0.2) is 0 Å². The van der Waals surface area contributed by atoms with Crippen LogP contribution >= 0.6 is 0 Å². The summed E-state index contributed by atoms with van der Waals surface area (Å²) in [6.45, 7) is 13.5. The Morgan fingerprint density at radius 2 is 2.00 bits per heavy atom. The summed E-state index contributed by atoms with van der Waals surface area (Å²) in [7, 11) is 0. The maximum absolute atomic E-state index is 7.06. The lowest BCUT2D eigenvalue weighted by atomic mass is 9.87. The van der Waals surface area contributed by atoms with Crippen LogP contribution < -0.4 is 0 Å². The zero-order valence-electron chi connectivity index (χ0n) is 9.15. The quantitative estimate of drug-likeness (QED) is 0.597. The number of nitrogens with zero attached hydrogens (tertiary/aromatic N) is 3. The Balaban J connectivity index is 2.82. The Hall–Kier alpha value is -1.82. The van der Waals surface area contributed by atoms with Crippen LogP contribution in [0.4, 0.5) is 5.82 Å². The fraction of sp³-hybridized carbons (Fsp3) is 0.333. The zero-order chi connectivity index (χ0) is 11.1. The van der Waals surface area contributed by atoms with Crippen LogP contribution in [0.2, 0.25) is 0 Å². The summed E-state index contributed by atoms with van der Waals surface area (Å²) in [5.74, 6) is 0.558. The van der Waals surface area contributed by atoms with Crippen LogP contribution in [0.1, 0.15) is 26.3 Å². The molecule has 0 N–H and O–H groups in total. The molecule has 2 heterocycles. The van der Waals surface area contributed by atoms with Gasteiger partial charge < -0.3 is 4.85 Å². The highest BCUT2D eigenvalue weighted by Gasteiger charge is 2.20. The van der Waals surface area contributed by atoms with Gasteiger partial charge in [-0.3, -0.25) is 0 Å². The summed E-state index contributed by atoms with van der Waals surface area (Å²) in [4.78, 5) is 3.44. The van der Waals surface area contributed by atoms with E-state index in [4.69, 9.17) is 6.57 Å². The van der Waals surface area contributed by atoms with Crippen molar-refractivity contribution < 1.29 is 0 Å². The van der Waals surface area contributed by atoms with Crippen molar-refractivity contribution in [1.82, 2.24) is 9.61 Å². The third kappa shape index (κ3) is 1.48. The van der Waals surface area contributed by atoms with Gasteiger partial charge in [-0.2, -0.15) is 4.52 Å². The van der Waals surface area contributed by atoms with Crippen LogP contribution in [0.25, 0.3) is 10.4 Å². The standard InChI is InChI=1S/C12H13N3/c1-12(2,3)9-5-6-11(13-4)15-10(9)7-8-14-15/h5-8H,1-3H3. The van der Waals surface area contributed by atoms with Crippen LogP contribution in [-0.2, 0) is 5.41 Å². The molecule has 0 spiro atoms. The molecule has 0 saturated carbocycles. The van der Waals surface area contributed by atoms with E-state index in [1.54, 1.807) is 10.7 Å². The molecule has 2 aromatic rings. The summed E-state index contributed by atoms with van der Waals surface area (Å²) in [6.07, 6.45) is 1.74. The molecule has 3 heteroatoms. The lowest BCUT2D eigenvalue weighted by molar-refractivity contribution is 0.592. The summed E-state index contributed by atoms with van der Waals surface area (Å²) in [5.41, 5.74) is 2.31. The molecule has 0 fully saturated rings. The van der Waals surface area contributed by atoms with Crippen molar-refractivity contribution in [3.63, 3.8) is 0 Å². The molecule has 0 aliphatic carbocycles. The van der Waals surface area contributed by atoms with Gasteiger partial charge in [-0.1, -0.05) is 33.4 Å². The molecular formula is C12H13N3. The van der Waals surface area contributed by atoms with Gasteiger partial charge in [0.2, 0.25) is 0 Å². The smallest absolute Gasteiger partial charge is 0.255 e. The molecule has 2 rings (SSSR count). The predicted octanol–water partition coefficient (Wildman–Crippen LogP) is 3.18. The fourth-order valence-electron chi connectivity index (χ4n) is 1.72. The van der Waals surface area contributed by atoms with E-state index in [1.165, 1.54) is 5.56 Å². The van der Waals surface area contributed by atoms with E-state index in [0.29, 0.717) is 5.82 Å². The molecule has 0 aliphatic rings. The van der Waals surface area contributed by atoms with E-state index in [-0.39, 0.29) is 5.41 Å². The number of aromatic nitrogens is 2. The van der Waals surface area contributed by atoms with Crippen LogP contribution in [0.5, 0.6) is 0 Å². The number of hydrogen-bond acceptors (Lipinski definition) is 1. The molecule has 0 bridgehead atoms. The van der Waals surface area contributed by atoms with Crippen LogP contribution in [0, 0.1) is 6.57 Å². The van der Waals surface area contributed by atoms with Gasteiger partial charge in [-0.25, -0.2) is 0 Å². The van der Waals surface area contributed by atoms with Gasteiger partial charge in [0.25, 0.3) is 5.82 Å². The molecule has 0 atom stereocenters. The maximum atomic E-state index is 7.06. The highest BCUT2D eigenvalue weighted by atomic mass is 15.2. The van der Waals surface area contributed by atoms with Crippen molar-refractivity contribution in [2.45, 2.75) is 26.2 Å². The second-order valence-corrected chi connectivity index (χ2v) is 4.60. The zero-order valence-corrected chi connectivity index (χ0v) is 9.15. The molecule has 15 heavy (non-hydrogen) atoms. The lowest BCUT2D eigenvalue weighted by Gasteiger charge is -2.18. The second kappa shape index (κ2) is 3.09. The topological polar surface area (TPSA) is 21.7 Å². The molecule has 0 radical (unpaired) electrons. The Labute approximate surface area is 89.2 Å². The van der Waals surface area contributed by atoms with E-state index in [2.05, 4.69) is 30.7 Å². The van der Waals surface area contributed by atoms with E-state index in [1.807, 2.05) is 18.2 Å². The summed E-state index contributed by atoms with van der Waals surface area (Å²) in [6, 6.07) is 5.80. The molecule has 2 aromatic heterocycles. The summed E-state index contributed by atoms with van der Waals surface area (Å²) < 4.78 is 1.70. The van der Waals surface area contributed by atoms with Crippen LogP contribution in [0.15, 0.2) is 24.4 Å². The fourth-order valence-corrected chi connectivity index (χ4v) is 1.72. The number of pyridine rings is 1. The minimum absolute atomic E-state index is 0.0713. The monoisotopic (exact) mass is 199 g/mol. The van der Waals surface area contributed by atoms with Gasteiger partial charge in [-0.05, 0) is 11.5 Å². The van der Waals surface area contributed by atoms with Crippen molar-refractivity contribution >= 4 is 11.3 Å². The second-order valence-electron chi connectivity index (χ2n) is 4.60. The van der Waals surface area contributed by atoms with E-state index in [0.717, 1.165) is 5.52 Å². The minimum atomic E-state index is 0.0713. The van der Waals surface area contributed by atoms with Crippen molar-refractivity contribution in [3.05, 3.63) is 41.4 Å². The largest absolute Gasteiger partial charge is 0.362 e. The molecule has 0 amide bonds. The Morgan fingerprint density at radius 1 is 1.27 bits per heavy atom. The molecular weight excluding hydrogens is 186 g/mol. The third-order valence-corrected chi connectivity index (χ3v) is 2.46.